The number of halogens is 3. The van der Waals surface area contributed by atoms with Crippen LogP contribution in [-0.4, -0.2) is 28.1 Å². The number of aliphatic hydroxyl groups is 1. The molecule has 0 aliphatic carbocycles. The molecule has 4 nitrogen and oxygen atoms in total. The third kappa shape index (κ3) is 3.92. The molecule has 0 bridgehead atoms. The number of pyridine rings is 1. The van der Waals surface area contributed by atoms with Crippen LogP contribution >= 0.6 is 0 Å². The summed E-state index contributed by atoms with van der Waals surface area (Å²) in [7, 11) is 0. The molecule has 1 aromatic heterocycles. The number of aliphatic hydroxyl groups excluding tert-OH is 1. The van der Waals surface area contributed by atoms with Crippen molar-refractivity contribution >= 4 is 5.91 Å². The Morgan fingerprint density at radius 3 is 2.42 bits per heavy atom. The fourth-order valence-corrected chi connectivity index (χ4v) is 1.27. The predicted molar refractivity (Wildman–Crippen MR) is 62.5 cm³/mol. The van der Waals surface area contributed by atoms with E-state index in [0.29, 0.717) is 12.6 Å². The number of carbonyl (C=O) groups is 1. The van der Waals surface area contributed by atoms with Crippen molar-refractivity contribution in [2.75, 3.05) is 6.61 Å². The van der Waals surface area contributed by atoms with Crippen LogP contribution < -0.4 is 5.32 Å². The molecule has 0 aromatic carbocycles. The molecule has 0 aliphatic rings. The second-order valence-electron chi connectivity index (χ2n) is 4.46. The molecule has 2 N–H and O–H groups in total. The lowest BCUT2D eigenvalue weighted by atomic mass is 10.00. The van der Waals surface area contributed by atoms with Crippen LogP contribution in [0.2, 0.25) is 0 Å². The predicted octanol–water partition coefficient (Wildman–Crippen LogP) is 1.99. The van der Waals surface area contributed by atoms with E-state index in [-0.39, 0.29) is 12.3 Å². The summed E-state index contributed by atoms with van der Waals surface area (Å²) in [6.45, 7) is 3.14. The normalized spacial score (nSPS) is 14.8. The summed E-state index contributed by atoms with van der Waals surface area (Å²) in [5.74, 6) is -0.618. The van der Waals surface area contributed by atoms with Crippen molar-refractivity contribution in [2.45, 2.75) is 32.0 Å². The van der Waals surface area contributed by atoms with Crippen molar-refractivity contribution in [1.29, 1.82) is 0 Å². The molecule has 19 heavy (non-hydrogen) atoms. The van der Waals surface area contributed by atoms with Crippen molar-refractivity contribution in [3.63, 3.8) is 0 Å². The van der Waals surface area contributed by atoms with Crippen LogP contribution in [0.1, 0.15) is 36.3 Å². The van der Waals surface area contributed by atoms with Gasteiger partial charge in [-0.2, -0.15) is 13.2 Å². The second-order valence-corrected chi connectivity index (χ2v) is 4.46. The van der Waals surface area contributed by atoms with E-state index >= 15 is 0 Å². The quantitative estimate of drug-likeness (QED) is 0.884. The van der Waals surface area contributed by atoms with Crippen LogP contribution in [0.15, 0.2) is 18.3 Å². The summed E-state index contributed by atoms with van der Waals surface area (Å²) < 4.78 is 37.0. The fourth-order valence-electron chi connectivity index (χ4n) is 1.27. The second kappa shape index (κ2) is 5.56. The first-order chi connectivity index (χ1) is 8.72. The molecule has 1 aromatic rings. The Hall–Kier alpha value is -1.63. The SMILES string of the molecule is CCC(C)(CO)NC(=O)c1ccc(C(F)(F)F)cn1. The number of amides is 1. The Morgan fingerprint density at radius 1 is 1.42 bits per heavy atom. The Balaban J connectivity index is 2.85. The average Bonchev–Trinajstić information content (AvgIpc) is 2.37. The monoisotopic (exact) mass is 276 g/mol. The van der Waals surface area contributed by atoms with E-state index < -0.39 is 23.2 Å². The number of carbonyl (C=O) groups excluding carboxylic acids is 1. The van der Waals surface area contributed by atoms with Crippen LogP contribution in [0.4, 0.5) is 13.2 Å². The summed E-state index contributed by atoms with van der Waals surface area (Å²) in [6.07, 6.45) is -3.39. The number of aromatic nitrogens is 1. The van der Waals surface area contributed by atoms with Crippen molar-refractivity contribution in [2.24, 2.45) is 0 Å². The minimum atomic E-state index is -4.48. The lowest BCUT2D eigenvalue weighted by Crippen LogP contribution is -2.48. The summed E-state index contributed by atoms with van der Waals surface area (Å²) in [5.41, 5.74) is -1.85. The van der Waals surface area contributed by atoms with Gasteiger partial charge in [0.1, 0.15) is 5.69 Å². The molecule has 1 atom stereocenters. The number of hydrogen-bond donors (Lipinski definition) is 2. The molecular formula is C12H15F3N2O2. The number of alkyl halides is 3. The van der Waals surface area contributed by atoms with Crippen LogP contribution in [0.3, 0.4) is 0 Å². The van der Waals surface area contributed by atoms with Crippen molar-refractivity contribution < 1.29 is 23.1 Å². The first-order valence-electron chi connectivity index (χ1n) is 5.68. The number of nitrogens with one attached hydrogen (secondary N) is 1. The minimum Gasteiger partial charge on any atom is -0.394 e. The molecule has 1 heterocycles. The molecule has 0 saturated heterocycles. The van der Waals surface area contributed by atoms with E-state index in [0.717, 1.165) is 12.1 Å². The van der Waals surface area contributed by atoms with Gasteiger partial charge in [-0.25, -0.2) is 0 Å². The zero-order chi connectivity index (χ0) is 14.7. The lowest BCUT2D eigenvalue weighted by Gasteiger charge is -2.26. The van der Waals surface area contributed by atoms with Crippen LogP contribution in [0.5, 0.6) is 0 Å². The lowest BCUT2D eigenvalue weighted by molar-refractivity contribution is -0.137. The Bertz CT molecular complexity index is 439. The highest BCUT2D eigenvalue weighted by Crippen LogP contribution is 2.28. The van der Waals surface area contributed by atoms with Crippen molar-refractivity contribution in [3.8, 4) is 0 Å². The van der Waals surface area contributed by atoms with Gasteiger partial charge in [-0.3, -0.25) is 9.78 Å². The van der Waals surface area contributed by atoms with Crippen LogP contribution in [0, 0.1) is 0 Å². The Labute approximate surface area is 108 Å². The van der Waals surface area contributed by atoms with Crippen LogP contribution in [0.25, 0.3) is 0 Å². The molecule has 106 valence electrons. The zero-order valence-electron chi connectivity index (χ0n) is 10.6. The standard InChI is InChI=1S/C12H15F3N2O2/c1-3-11(2,7-18)17-10(19)9-5-4-8(6-16-9)12(13,14)15/h4-6,18H,3,7H2,1-2H3,(H,17,19). The van der Waals surface area contributed by atoms with Crippen molar-refractivity contribution in [3.05, 3.63) is 29.6 Å². The maximum absolute atomic E-state index is 12.3. The molecule has 0 radical (unpaired) electrons. The molecule has 1 rings (SSSR count). The first-order valence-corrected chi connectivity index (χ1v) is 5.68. The van der Waals surface area contributed by atoms with Gasteiger partial charge in [0.25, 0.3) is 5.91 Å². The first kappa shape index (κ1) is 15.4. The smallest absolute Gasteiger partial charge is 0.394 e. The van der Waals surface area contributed by atoms with Gasteiger partial charge < -0.3 is 10.4 Å². The largest absolute Gasteiger partial charge is 0.417 e. The van der Waals surface area contributed by atoms with E-state index in [1.807, 2.05) is 0 Å². The van der Waals surface area contributed by atoms with Gasteiger partial charge in [0, 0.05) is 6.20 Å². The van der Waals surface area contributed by atoms with E-state index in [1.165, 1.54) is 0 Å². The molecule has 1 amide bonds. The fraction of sp³-hybridized carbons (Fsp3) is 0.500. The number of nitrogens with zero attached hydrogens (tertiary/aromatic N) is 1. The third-order valence-corrected chi connectivity index (χ3v) is 2.87. The summed E-state index contributed by atoms with van der Waals surface area (Å²) in [5, 5.41) is 11.7. The maximum atomic E-state index is 12.3. The molecular weight excluding hydrogens is 261 g/mol. The molecule has 0 saturated carbocycles. The van der Waals surface area contributed by atoms with Crippen molar-refractivity contribution in [1.82, 2.24) is 10.3 Å². The van der Waals surface area contributed by atoms with Gasteiger partial charge in [-0.1, -0.05) is 6.92 Å². The van der Waals surface area contributed by atoms with E-state index in [9.17, 15) is 18.0 Å². The molecule has 1 unspecified atom stereocenters. The van der Waals surface area contributed by atoms with Gasteiger partial charge in [-0.15, -0.1) is 0 Å². The highest BCUT2D eigenvalue weighted by atomic mass is 19.4. The van der Waals surface area contributed by atoms with Gasteiger partial charge in [0.2, 0.25) is 0 Å². The van der Waals surface area contributed by atoms with Gasteiger partial charge >= 0.3 is 6.18 Å². The summed E-state index contributed by atoms with van der Waals surface area (Å²) >= 11 is 0. The Kier molecular flexibility index (Phi) is 4.52. The zero-order valence-corrected chi connectivity index (χ0v) is 10.6. The maximum Gasteiger partial charge on any atom is 0.417 e. The summed E-state index contributed by atoms with van der Waals surface area (Å²) in [6, 6.07) is 1.80. The Morgan fingerprint density at radius 2 is 2.05 bits per heavy atom. The van der Waals surface area contributed by atoms with Gasteiger partial charge in [0.15, 0.2) is 0 Å². The number of hydrogen-bond acceptors (Lipinski definition) is 3. The van der Waals surface area contributed by atoms with E-state index in [2.05, 4.69) is 10.3 Å². The molecule has 0 fully saturated rings. The highest BCUT2D eigenvalue weighted by molar-refractivity contribution is 5.92. The summed E-state index contributed by atoms with van der Waals surface area (Å²) in [4.78, 5) is 15.3. The third-order valence-electron chi connectivity index (χ3n) is 2.87. The minimum absolute atomic E-state index is 0.124. The number of rotatable bonds is 4. The van der Waals surface area contributed by atoms with E-state index in [1.54, 1.807) is 13.8 Å². The van der Waals surface area contributed by atoms with Crippen LogP contribution in [-0.2, 0) is 6.18 Å². The molecule has 7 heteroatoms. The van der Waals surface area contributed by atoms with Gasteiger partial charge in [0.05, 0.1) is 17.7 Å². The van der Waals surface area contributed by atoms with E-state index in [4.69, 9.17) is 5.11 Å². The molecule has 0 aliphatic heterocycles. The average molecular weight is 276 g/mol. The topological polar surface area (TPSA) is 62.2 Å². The highest BCUT2D eigenvalue weighted by Gasteiger charge is 2.31. The van der Waals surface area contributed by atoms with Gasteiger partial charge in [-0.05, 0) is 25.5 Å². The molecule has 0 spiro atoms.